The maximum absolute atomic E-state index is 11.4. The van der Waals surface area contributed by atoms with E-state index in [0.717, 1.165) is 0 Å². The second kappa shape index (κ2) is 2.85. The van der Waals surface area contributed by atoms with E-state index in [-0.39, 0.29) is 16.6 Å². The fourth-order valence-electron chi connectivity index (χ4n) is 1.87. The van der Waals surface area contributed by atoms with Gasteiger partial charge < -0.3 is 9.67 Å². The smallest absolute Gasteiger partial charge is 0.352 e. The molecule has 0 fully saturated rings. The third kappa shape index (κ3) is 1.00. The number of carboxylic acids is 1. The Labute approximate surface area is 85.1 Å². The molecule has 0 spiro atoms. The molecule has 0 bridgehead atoms. The van der Waals surface area contributed by atoms with Gasteiger partial charge in [0, 0.05) is 13.5 Å². The zero-order chi connectivity index (χ0) is 10.5. The number of aromatic carboxylic acids is 1. The van der Waals surface area contributed by atoms with Gasteiger partial charge in [-0.1, -0.05) is 11.6 Å². The van der Waals surface area contributed by atoms with Crippen LogP contribution in [0.3, 0.4) is 0 Å². The molecule has 1 aromatic heterocycles. The molecule has 5 heteroatoms. The van der Waals surface area contributed by atoms with Crippen molar-refractivity contribution in [3.05, 3.63) is 22.0 Å². The van der Waals surface area contributed by atoms with Crippen molar-refractivity contribution in [1.82, 2.24) is 4.57 Å². The average molecular weight is 214 g/mol. The van der Waals surface area contributed by atoms with Gasteiger partial charge in [0.2, 0.25) is 0 Å². The first-order valence-electron chi connectivity index (χ1n) is 4.17. The van der Waals surface area contributed by atoms with Crippen LogP contribution in [0.2, 0.25) is 5.15 Å². The summed E-state index contributed by atoms with van der Waals surface area (Å²) in [6, 6.07) is 0. The summed E-state index contributed by atoms with van der Waals surface area (Å²) in [7, 11) is 1.55. The molecule has 2 rings (SSSR count). The predicted octanol–water partition coefficient (Wildman–Crippen LogP) is 1.51. The molecule has 74 valence electrons. The maximum atomic E-state index is 11.4. The standard InChI is InChI=1S/C9H8ClNO3/c1-11-7(9(13)14)4-2-3-5(12)6(4)8(11)10/h2-3H2,1H3,(H,13,14). The zero-order valence-corrected chi connectivity index (χ0v) is 8.26. The van der Waals surface area contributed by atoms with Crippen molar-refractivity contribution in [1.29, 1.82) is 0 Å². The van der Waals surface area contributed by atoms with Gasteiger partial charge in [-0.25, -0.2) is 4.79 Å². The van der Waals surface area contributed by atoms with Crippen LogP contribution >= 0.6 is 11.6 Å². The van der Waals surface area contributed by atoms with Crippen LogP contribution in [-0.4, -0.2) is 21.4 Å². The molecule has 0 aromatic carbocycles. The Kier molecular flexibility index (Phi) is 1.89. The molecular formula is C9H8ClNO3. The Morgan fingerprint density at radius 3 is 2.71 bits per heavy atom. The minimum atomic E-state index is -1.04. The molecule has 1 aliphatic rings. The highest BCUT2D eigenvalue weighted by Crippen LogP contribution is 2.33. The lowest BCUT2D eigenvalue weighted by Gasteiger charge is -2.00. The van der Waals surface area contributed by atoms with Crippen molar-refractivity contribution in [3.8, 4) is 0 Å². The third-order valence-electron chi connectivity index (χ3n) is 2.51. The van der Waals surface area contributed by atoms with Crippen molar-refractivity contribution in [2.45, 2.75) is 12.8 Å². The fourth-order valence-corrected chi connectivity index (χ4v) is 2.18. The molecule has 1 aromatic rings. The largest absolute Gasteiger partial charge is 0.477 e. The highest BCUT2D eigenvalue weighted by atomic mass is 35.5. The van der Waals surface area contributed by atoms with Crippen LogP contribution in [0.25, 0.3) is 0 Å². The van der Waals surface area contributed by atoms with E-state index in [1.54, 1.807) is 7.05 Å². The molecule has 0 unspecified atom stereocenters. The normalized spacial score (nSPS) is 14.6. The van der Waals surface area contributed by atoms with Crippen molar-refractivity contribution in [2.75, 3.05) is 0 Å². The summed E-state index contributed by atoms with van der Waals surface area (Å²) < 4.78 is 1.35. The predicted molar refractivity (Wildman–Crippen MR) is 50.0 cm³/mol. The lowest BCUT2D eigenvalue weighted by molar-refractivity contribution is 0.0685. The summed E-state index contributed by atoms with van der Waals surface area (Å²) in [6.45, 7) is 0. The summed E-state index contributed by atoms with van der Waals surface area (Å²) in [5, 5.41) is 9.17. The van der Waals surface area contributed by atoms with Crippen LogP contribution in [0.1, 0.15) is 32.8 Å². The number of rotatable bonds is 1. The van der Waals surface area contributed by atoms with Crippen LogP contribution < -0.4 is 0 Å². The average Bonchev–Trinajstić information content (AvgIpc) is 2.56. The number of aromatic nitrogens is 1. The Morgan fingerprint density at radius 2 is 2.14 bits per heavy atom. The van der Waals surface area contributed by atoms with Gasteiger partial charge in [0.25, 0.3) is 0 Å². The monoisotopic (exact) mass is 213 g/mol. The van der Waals surface area contributed by atoms with E-state index in [2.05, 4.69) is 0 Å². The molecule has 0 atom stereocenters. The third-order valence-corrected chi connectivity index (χ3v) is 2.95. The highest BCUT2D eigenvalue weighted by molar-refractivity contribution is 6.34. The van der Waals surface area contributed by atoms with Gasteiger partial charge in [0.1, 0.15) is 10.8 Å². The molecule has 1 N–H and O–H groups in total. The molecule has 1 heterocycles. The number of ketones is 1. The van der Waals surface area contributed by atoms with Gasteiger partial charge in [0.05, 0.1) is 5.56 Å². The van der Waals surface area contributed by atoms with Crippen molar-refractivity contribution in [3.63, 3.8) is 0 Å². The lowest BCUT2D eigenvalue weighted by atomic mass is 10.2. The van der Waals surface area contributed by atoms with Crippen molar-refractivity contribution in [2.24, 2.45) is 7.05 Å². The fraction of sp³-hybridized carbons (Fsp3) is 0.333. The van der Waals surface area contributed by atoms with Gasteiger partial charge in [-0.2, -0.15) is 0 Å². The van der Waals surface area contributed by atoms with Gasteiger partial charge in [0.15, 0.2) is 5.78 Å². The minimum absolute atomic E-state index is 0.0619. The summed E-state index contributed by atoms with van der Waals surface area (Å²) in [5.41, 5.74) is 1.11. The Morgan fingerprint density at radius 1 is 1.50 bits per heavy atom. The van der Waals surface area contributed by atoms with E-state index in [9.17, 15) is 9.59 Å². The van der Waals surface area contributed by atoms with E-state index < -0.39 is 5.97 Å². The quantitative estimate of drug-likeness (QED) is 0.769. The van der Waals surface area contributed by atoms with E-state index in [1.807, 2.05) is 0 Å². The second-order valence-electron chi connectivity index (χ2n) is 3.28. The first-order chi connectivity index (χ1) is 6.54. The second-order valence-corrected chi connectivity index (χ2v) is 3.64. The van der Waals surface area contributed by atoms with E-state index in [1.165, 1.54) is 4.57 Å². The summed E-state index contributed by atoms with van der Waals surface area (Å²) in [5.74, 6) is -1.10. The molecule has 0 saturated carbocycles. The molecule has 0 amide bonds. The number of hydrogen-bond donors (Lipinski definition) is 1. The summed E-state index contributed by atoms with van der Waals surface area (Å²) in [6.07, 6.45) is 0.849. The van der Waals surface area contributed by atoms with E-state index in [4.69, 9.17) is 16.7 Å². The van der Waals surface area contributed by atoms with Crippen LogP contribution in [-0.2, 0) is 13.5 Å². The minimum Gasteiger partial charge on any atom is -0.477 e. The van der Waals surface area contributed by atoms with Gasteiger partial charge in [-0.15, -0.1) is 0 Å². The van der Waals surface area contributed by atoms with Crippen LogP contribution in [0, 0.1) is 0 Å². The van der Waals surface area contributed by atoms with Crippen LogP contribution in [0.15, 0.2) is 0 Å². The number of halogens is 1. The molecular weight excluding hydrogens is 206 g/mol. The van der Waals surface area contributed by atoms with Crippen molar-refractivity contribution < 1.29 is 14.7 Å². The van der Waals surface area contributed by atoms with Crippen molar-refractivity contribution >= 4 is 23.4 Å². The number of fused-ring (bicyclic) bond motifs is 1. The number of nitrogens with zero attached hydrogens (tertiary/aromatic N) is 1. The number of carbonyl (C=O) groups is 2. The van der Waals surface area contributed by atoms with Gasteiger partial charge in [-0.3, -0.25) is 4.79 Å². The molecule has 1 aliphatic carbocycles. The maximum Gasteiger partial charge on any atom is 0.352 e. The Bertz CT molecular complexity index is 444. The molecule has 0 radical (unpaired) electrons. The molecule has 4 nitrogen and oxygen atoms in total. The SMILES string of the molecule is Cn1c(Cl)c2c(c1C(=O)O)CCC2=O. The number of carbonyl (C=O) groups excluding carboxylic acids is 1. The van der Waals surface area contributed by atoms with Gasteiger partial charge in [-0.05, 0) is 12.0 Å². The summed E-state index contributed by atoms with van der Waals surface area (Å²) >= 11 is 5.88. The Balaban J connectivity index is 2.76. The molecule has 0 saturated heterocycles. The number of carboxylic acid groups (broad SMARTS) is 1. The molecule has 0 aliphatic heterocycles. The summed E-state index contributed by atoms with van der Waals surface area (Å²) in [4.78, 5) is 22.3. The lowest BCUT2D eigenvalue weighted by Crippen LogP contribution is -2.07. The van der Waals surface area contributed by atoms with Crippen LogP contribution in [0.4, 0.5) is 0 Å². The zero-order valence-electron chi connectivity index (χ0n) is 7.50. The number of hydrogen-bond acceptors (Lipinski definition) is 2. The Hall–Kier alpha value is -1.29. The van der Waals surface area contributed by atoms with E-state index >= 15 is 0 Å². The highest BCUT2D eigenvalue weighted by Gasteiger charge is 2.32. The van der Waals surface area contributed by atoms with Gasteiger partial charge >= 0.3 is 5.97 Å². The topological polar surface area (TPSA) is 59.3 Å². The first kappa shape index (κ1) is 9.27. The van der Waals surface area contributed by atoms with E-state index in [0.29, 0.717) is 24.0 Å². The van der Waals surface area contributed by atoms with Crippen LogP contribution in [0.5, 0.6) is 0 Å². The number of Topliss-reactive ketones (excluding diaryl/α,β-unsaturated/α-hetero) is 1. The first-order valence-corrected chi connectivity index (χ1v) is 4.55. The molecule has 14 heavy (non-hydrogen) atoms.